The van der Waals surface area contributed by atoms with Crippen molar-refractivity contribution in [1.82, 2.24) is 20.4 Å². The van der Waals surface area contributed by atoms with E-state index in [1.807, 2.05) is 54.7 Å². The second-order valence-corrected chi connectivity index (χ2v) is 4.03. The molecule has 4 nitrogen and oxygen atoms in total. The Kier molecular flexibility index (Phi) is 3.14. The van der Waals surface area contributed by atoms with Crippen molar-refractivity contribution < 1.29 is 0 Å². The van der Waals surface area contributed by atoms with Crippen LogP contribution in [-0.2, 0) is 0 Å². The van der Waals surface area contributed by atoms with Gasteiger partial charge in [0.25, 0.3) is 0 Å². The van der Waals surface area contributed by atoms with Crippen LogP contribution in [0.1, 0.15) is 0 Å². The van der Waals surface area contributed by atoms with Gasteiger partial charge in [-0.15, -0.1) is 5.10 Å². The fraction of sp³-hybridized carbons (Fsp3) is 0. The molecule has 0 saturated heterocycles. The van der Waals surface area contributed by atoms with E-state index in [0.717, 1.165) is 16.6 Å². The molecule has 0 bridgehead atoms. The van der Waals surface area contributed by atoms with Gasteiger partial charge < -0.3 is 0 Å². The number of aromatic amines is 1. The standard InChI is InChI=1S/C9H7N.C6H5N3/c1-2-6-9-8(4-1)5-3-7-10-9;1-2-4-6-5(3-1)7-9-8-6/h1-7H;1-4H,(H,7,8,9). The van der Waals surface area contributed by atoms with Gasteiger partial charge in [0.15, 0.2) is 0 Å². The minimum atomic E-state index is 0.914. The largest absolute Gasteiger partial charge is 0.258 e. The summed E-state index contributed by atoms with van der Waals surface area (Å²) in [5, 5.41) is 11.4. The van der Waals surface area contributed by atoms with Gasteiger partial charge in [-0.05, 0) is 24.3 Å². The van der Waals surface area contributed by atoms with Gasteiger partial charge in [0.1, 0.15) is 5.52 Å². The molecular weight excluding hydrogens is 236 g/mol. The summed E-state index contributed by atoms with van der Waals surface area (Å²) >= 11 is 0. The number of benzene rings is 2. The molecule has 4 rings (SSSR count). The van der Waals surface area contributed by atoms with Gasteiger partial charge in [0.05, 0.1) is 11.0 Å². The summed E-state index contributed by atoms with van der Waals surface area (Å²) in [4.78, 5) is 4.18. The molecule has 2 heterocycles. The molecule has 0 aliphatic rings. The number of hydrogen-bond acceptors (Lipinski definition) is 3. The highest BCUT2D eigenvalue weighted by molar-refractivity contribution is 5.77. The highest BCUT2D eigenvalue weighted by Crippen LogP contribution is 2.08. The summed E-state index contributed by atoms with van der Waals surface area (Å²) in [6.07, 6.45) is 1.81. The summed E-state index contributed by atoms with van der Waals surface area (Å²) in [6.45, 7) is 0. The Morgan fingerprint density at radius 2 is 1.47 bits per heavy atom. The second-order valence-electron chi connectivity index (χ2n) is 4.03. The van der Waals surface area contributed by atoms with Crippen LogP contribution in [-0.4, -0.2) is 20.4 Å². The minimum Gasteiger partial charge on any atom is -0.258 e. The molecule has 92 valence electrons. The van der Waals surface area contributed by atoms with E-state index in [0.29, 0.717) is 0 Å². The molecule has 0 radical (unpaired) electrons. The van der Waals surface area contributed by atoms with Crippen molar-refractivity contribution in [2.45, 2.75) is 0 Å². The Hall–Kier alpha value is -2.75. The van der Waals surface area contributed by atoms with Crippen LogP contribution >= 0.6 is 0 Å². The van der Waals surface area contributed by atoms with Gasteiger partial charge in [-0.25, -0.2) is 0 Å². The zero-order valence-electron chi connectivity index (χ0n) is 10.2. The van der Waals surface area contributed by atoms with Crippen LogP contribution in [0.15, 0.2) is 66.9 Å². The second kappa shape index (κ2) is 5.27. The number of para-hydroxylation sites is 2. The molecular formula is C15H12N4. The van der Waals surface area contributed by atoms with Gasteiger partial charge in [-0.2, -0.15) is 0 Å². The molecule has 0 unspecified atom stereocenters. The first-order valence-corrected chi connectivity index (χ1v) is 5.99. The zero-order chi connectivity index (χ0) is 12.9. The van der Waals surface area contributed by atoms with E-state index in [1.165, 1.54) is 5.39 Å². The Balaban J connectivity index is 0.000000117. The van der Waals surface area contributed by atoms with Crippen molar-refractivity contribution in [2.24, 2.45) is 0 Å². The third kappa shape index (κ3) is 2.57. The minimum absolute atomic E-state index is 0.914. The molecule has 0 atom stereocenters. The lowest BCUT2D eigenvalue weighted by Crippen LogP contribution is -1.73. The lowest BCUT2D eigenvalue weighted by Gasteiger charge is -1.91. The van der Waals surface area contributed by atoms with E-state index in [2.05, 4.69) is 32.5 Å². The predicted molar refractivity (Wildman–Crippen MR) is 75.6 cm³/mol. The number of rotatable bonds is 0. The summed E-state index contributed by atoms with van der Waals surface area (Å²) < 4.78 is 0. The molecule has 0 amide bonds. The first-order chi connectivity index (χ1) is 9.43. The van der Waals surface area contributed by atoms with E-state index >= 15 is 0 Å². The van der Waals surface area contributed by atoms with Crippen molar-refractivity contribution in [3.8, 4) is 0 Å². The SMILES string of the molecule is c1ccc2[nH]nnc2c1.c1ccc2ncccc2c1. The van der Waals surface area contributed by atoms with Crippen LogP contribution in [0.3, 0.4) is 0 Å². The van der Waals surface area contributed by atoms with Crippen LogP contribution in [0.25, 0.3) is 21.9 Å². The highest BCUT2D eigenvalue weighted by atomic mass is 15.3. The lowest BCUT2D eigenvalue weighted by molar-refractivity contribution is 0.959. The van der Waals surface area contributed by atoms with Gasteiger partial charge in [-0.1, -0.05) is 41.6 Å². The average molecular weight is 248 g/mol. The summed E-state index contributed by atoms with van der Waals surface area (Å²) in [5.74, 6) is 0. The summed E-state index contributed by atoms with van der Waals surface area (Å²) in [5.41, 5.74) is 2.96. The van der Waals surface area contributed by atoms with Gasteiger partial charge in [0, 0.05) is 11.6 Å². The molecule has 0 spiro atoms. The highest BCUT2D eigenvalue weighted by Gasteiger charge is 1.90. The van der Waals surface area contributed by atoms with E-state index in [9.17, 15) is 0 Å². The molecule has 2 aromatic carbocycles. The summed E-state index contributed by atoms with van der Waals surface area (Å²) in [7, 11) is 0. The van der Waals surface area contributed by atoms with E-state index in [1.54, 1.807) is 0 Å². The molecule has 0 aliphatic carbocycles. The molecule has 0 aliphatic heterocycles. The molecule has 2 aromatic heterocycles. The lowest BCUT2D eigenvalue weighted by atomic mass is 10.2. The van der Waals surface area contributed by atoms with Gasteiger partial charge >= 0.3 is 0 Å². The fourth-order valence-electron chi connectivity index (χ4n) is 1.80. The predicted octanol–water partition coefficient (Wildman–Crippen LogP) is 3.19. The molecule has 4 heteroatoms. The Morgan fingerprint density at radius 1 is 0.737 bits per heavy atom. The average Bonchev–Trinajstić information content (AvgIpc) is 2.96. The smallest absolute Gasteiger partial charge is 0.112 e. The molecule has 0 saturated carbocycles. The number of hydrogen-bond donors (Lipinski definition) is 1. The van der Waals surface area contributed by atoms with Crippen molar-refractivity contribution in [2.75, 3.05) is 0 Å². The monoisotopic (exact) mass is 248 g/mol. The zero-order valence-corrected chi connectivity index (χ0v) is 10.2. The van der Waals surface area contributed by atoms with E-state index in [-0.39, 0.29) is 0 Å². The van der Waals surface area contributed by atoms with Crippen LogP contribution in [0, 0.1) is 0 Å². The number of aromatic nitrogens is 4. The Morgan fingerprint density at radius 3 is 2.32 bits per heavy atom. The fourth-order valence-corrected chi connectivity index (χ4v) is 1.80. The Labute approximate surface area is 110 Å². The van der Waals surface area contributed by atoms with Crippen LogP contribution in [0.2, 0.25) is 0 Å². The first kappa shape index (κ1) is 11.3. The first-order valence-electron chi connectivity index (χ1n) is 5.99. The quantitative estimate of drug-likeness (QED) is 0.520. The topological polar surface area (TPSA) is 54.5 Å². The third-order valence-corrected chi connectivity index (χ3v) is 2.74. The summed E-state index contributed by atoms with van der Waals surface area (Å²) in [6, 6.07) is 19.8. The maximum atomic E-state index is 4.18. The van der Waals surface area contributed by atoms with Gasteiger partial charge in [-0.3, -0.25) is 10.1 Å². The maximum Gasteiger partial charge on any atom is 0.112 e. The van der Waals surface area contributed by atoms with Crippen molar-refractivity contribution in [3.05, 3.63) is 66.9 Å². The van der Waals surface area contributed by atoms with Crippen molar-refractivity contribution >= 4 is 21.9 Å². The number of nitrogens with one attached hydrogen (secondary N) is 1. The Bertz CT molecular complexity index is 696. The molecule has 19 heavy (non-hydrogen) atoms. The molecule has 4 aromatic rings. The van der Waals surface area contributed by atoms with Crippen molar-refractivity contribution in [1.29, 1.82) is 0 Å². The molecule has 0 fully saturated rings. The molecule has 1 N–H and O–H groups in total. The number of fused-ring (bicyclic) bond motifs is 2. The van der Waals surface area contributed by atoms with Crippen molar-refractivity contribution in [3.63, 3.8) is 0 Å². The number of pyridine rings is 1. The van der Waals surface area contributed by atoms with E-state index in [4.69, 9.17) is 0 Å². The normalized spacial score (nSPS) is 10.1. The van der Waals surface area contributed by atoms with Crippen LogP contribution in [0.4, 0.5) is 0 Å². The third-order valence-electron chi connectivity index (χ3n) is 2.74. The van der Waals surface area contributed by atoms with Gasteiger partial charge in [0.2, 0.25) is 0 Å². The van der Waals surface area contributed by atoms with E-state index < -0.39 is 0 Å². The van der Waals surface area contributed by atoms with Crippen LogP contribution < -0.4 is 0 Å². The number of nitrogens with zero attached hydrogens (tertiary/aromatic N) is 3. The van der Waals surface area contributed by atoms with Crippen LogP contribution in [0.5, 0.6) is 0 Å². The number of H-pyrrole nitrogens is 1. The maximum absolute atomic E-state index is 4.18.